The Morgan fingerprint density at radius 3 is 2.21 bits per heavy atom. The number of aromatic hydroxyl groups is 1. The molecule has 2 aromatic rings. The summed E-state index contributed by atoms with van der Waals surface area (Å²) < 4.78 is 18.7. The van der Waals surface area contributed by atoms with Gasteiger partial charge in [0.25, 0.3) is 5.91 Å². The van der Waals surface area contributed by atoms with Crippen molar-refractivity contribution in [2.75, 3.05) is 17.3 Å². The molecule has 0 aliphatic heterocycles. The summed E-state index contributed by atoms with van der Waals surface area (Å²) in [6.07, 6.45) is 2.44. The molecule has 0 fully saturated rings. The van der Waals surface area contributed by atoms with E-state index in [9.17, 15) is 19.1 Å². The number of unbranched alkanes of at least 4 members (excludes halogenated alkanes) is 1. The number of anilines is 2. The molecule has 6 nitrogen and oxygen atoms in total. The Bertz CT molecular complexity index is 1100. The molecule has 7 heteroatoms. The van der Waals surface area contributed by atoms with E-state index >= 15 is 0 Å². The third-order valence-electron chi connectivity index (χ3n) is 7.51. The zero-order chi connectivity index (χ0) is 28.5. The van der Waals surface area contributed by atoms with E-state index in [1.165, 1.54) is 23.8 Å². The van der Waals surface area contributed by atoms with Gasteiger partial charge in [-0.2, -0.15) is 0 Å². The van der Waals surface area contributed by atoms with Crippen LogP contribution >= 0.6 is 0 Å². The normalized spacial score (nSPS) is 12.6. The number of phenolic OH excluding ortho intramolecular Hbond substituents is 1. The largest absolute Gasteiger partial charge is 0.508 e. The van der Waals surface area contributed by atoms with E-state index in [1.54, 1.807) is 0 Å². The van der Waals surface area contributed by atoms with Crippen molar-refractivity contribution in [2.45, 2.75) is 104 Å². The second kappa shape index (κ2) is 13.6. The van der Waals surface area contributed by atoms with Crippen molar-refractivity contribution in [3.63, 3.8) is 0 Å². The molecule has 0 aliphatic carbocycles. The van der Waals surface area contributed by atoms with Gasteiger partial charge in [0.05, 0.1) is 18.0 Å². The maximum absolute atomic E-state index is 13.3. The van der Waals surface area contributed by atoms with E-state index < -0.39 is 12.8 Å². The number of ether oxygens (including phenoxy) is 1. The van der Waals surface area contributed by atoms with E-state index in [0.29, 0.717) is 30.7 Å². The molecule has 0 saturated carbocycles. The highest BCUT2D eigenvalue weighted by Crippen LogP contribution is 2.39. The van der Waals surface area contributed by atoms with Crippen molar-refractivity contribution in [3.05, 3.63) is 47.5 Å². The highest BCUT2D eigenvalue weighted by atomic mass is 19.1. The molecule has 0 aromatic heterocycles. The Morgan fingerprint density at radius 2 is 1.61 bits per heavy atom. The van der Waals surface area contributed by atoms with E-state index in [0.717, 1.165) is 18.4 Å². The van der Waals surface area contributed by atoms with Crippen LogP contribution in [0.25, 0.3) is 0 Å². The maximum atomic E-state index is 13.3. The molecule has 2 amide bonds. The van der Waals surface area contributed by atoms with Gasteiger partial charge in [-0.1, -0.05) is 60.6 Å². The topological polar surface area (TPSA) is 87.7 Å². The standard InChI is InChI=1S/C31H45FN2O4/c1-8-26(38-27-17-14-21(30(4,5)9-2)19-23(27)31(6,7)10-3)29(37)34-25-20-22(35)15-16-24(25)33-28(36)13-11-12-18-32/h14-17,19-20,26,35H,8-13,18H2,1-7H3,(H,33,36)(H,34,37). The summed E-state index contributed by atoms with van der Waals surface area (Å²) >= 11 is 0. The molecular formula is C31H45FN2O4. The van der Waals surface area contributed by atoms with Crippen molar-refractivity contribution in [1.82, 2.24) is 0 Å². The molecular weight excluding hydrogens is 483 g/mol. The number of amides is 2. The summed E-state index contributed by atoms with van der Waals surface area (Å²) in [7, 11) is 0. The first-order valence-corrected chi connectivity index (χ1v) is 13.7. The quantitative estimate of drug-likeness (QED) is 0.174. The predicted octanol–water partition coefficient (Wildman–Crippen LogP) is 7.64. The van der Waals surface area contributed by atoms with Gasteiger partial charge in [-0.25, -0.2) is 0 Å². The lowest BCUT2D eigenvalue weighted by atomic mass is 9.76. The minimum atomic E-state index is -0.790. The fourth-order valence-corrected chi connectivity index (χ4v) is 4.00. The van der Waals surface area contributed by atoms with Crippen molar-refractivity contribution in [1.29, 1.82) is 0 Å². The lowest BCUT2D eigenvalue weighted by Gasteiger charge is -2.31. The first kappa shape index (κ1) is 31.1. The summed E-state index contributed by atoms with van der Waals surface area (Å²) in [5, 5.41) is 15.6. The van der Waals surface area contributed by atoms with E-state index in [2.05, 4.69) is 64.3 Å². The van der Waals surface area contributed by atoms with E-state index in [1.807, 2.05) is 13.0 Å². The molecule has 2 aromatic carbocycles. The Hall–Kier alpha value is -3.09. The van der Waals surface area contributed by atoms with E-state index in [-0.39, 0.29) is 40.5 Å². The van der Waals surface area contributed by atoms with E-state index in [4.69, 9.17) is 4.74 Å². The first-order chi connectivity index (χ1) is 17.9. The van der Waals surface area contributed by atoms with Gasteiger partial charge in [0.1, 0.15) is 11.5 Å². The highest BCUT2D eigenvalue weighted by molar-refractivity contribution is 6.01. The van der Waals surface area contributed by atoms with Crippen LogP contribution in [0.5, 0.6) is 11.5 Å². The second-order valence-corrected chi connectivity index (χ2v) is 11.1. The number of carbonyl (C=O) groups is 2. The van der Waals surface area contributed by atoms with Crippen LogP contribution in [0.1, 0.15) is 98.1 Å². The summed E-state index contributed by atoms with van der Waals surface area (Å²) in [5.41, 5.74) is 2.77. The Kier molecular flexibility index (Phi) is 11.2. The molecule has 3 N–H and O–H groups in total. The van der Waals surface area contributed by atoms with Gasteiger partial charge >= 0.3 is 0 Å². The number of halogens is 1. The minimum absolute atomic E-state index is 0.0145. The molecule has 1 unspecified atom stereocenters. The third-order valence-corrected chi connectivity index (χ3v) is 7.51. The van der Waals surface area contributed by atoms with Crippen LogP contribution in [0.4, 0.5) is 15.8 Å². The summed E-state index contributed by atoms with van der Waals surface area (Å²) in [4.78, 5) is 25.6. The van der Waals surface area contributed by atoms with Gasteiger partial charge in [0.15, 0.2) is 6.10 Å². The lowest BCUT2D eigenvalue weighted by molar-refractivity contribution is -0.123. The molecule has 0 bridgehead atoms. The van der Waals surface area contributed by atoms with Gasteiger partial charge in [0, 0.05) is 18.1 Å². The fraction of sp³-hybridized carbons (Fsp3) is 0.548. The summed E-state index contributed by atoms with van der Waals surface area (Å²) in [6.45, 7) is 14.5. The Balaban J connectivity index is 2.31. The van der Waals surface area contributed by atoms with Gasteiger partial charge < -0.3 is 20.5 Å². The minimum Gasteiger partial charge on any atom is -0.508 e. The Morgan fingerprint density at radius 1 is 0.921 bits per heavy atom. The first-order valence-electron chi connectivity index (χ1n) is 13.7. The van der Waals surface area contributed by atoms with Crippen LogP contribution in [0, 0.1) is 0 Å². The predicted molar refractivity (Wildman–Crippen MR) is 153 cm³/mol. The summed E-state index contributed by atoms with van der Waals surface area (Å²) in [5.74, 6) is -0.0497. The molecule has 1 atom stereocenters. The monoisotopic (exact) mass is 528 g/mol. The maximum Gasteiger partial charge on any atom is 0.265 e. The third kappa shape index (κ3) is 8.20. The second-order valence-electron chi connectivity index (χ2n) is 11.1. The molecule has 0 radical (unpaired) electrons. The molecule has 2 rings (SSSR count). The van der Waals surface area contributed by atoms with Crippen LogP contribution in [-0.4, -0.2) is 29.7 Å². The van der Waals surface area contributed by atoms with Crippen molar-refractivity contribution >= 4 is 23.2 Å². The smallest absolute Gasteiger partial charge is 0.265 e. The number of alkyl halides is 1. The molecule has 0 spiro atoms. The van der Waals surface area contributed by atoms with Crippen molar-refractivity contribution in [3.8, 4) is 11.5 Å². The number of rotatable bonds is 14. The fourth-order valence-electron chi connectivity index (χ4n) is 4.00. The Labute approximate surface area is 227 Å². The van der Waals surface area contributed by atoms with Gasteiger partial charge in [0.2, 0.25) is 5.91 Å². The zero-order valence-corrected chi connectivity index (χ0v) is 24.0. The molecule has 0 heterocycles. The summed E-state index contributed by atoms with van der Waals surface area (Å²) in [6, 6.07) is 10.6. The molecule has 210 valence electrons. The number of phenols is 1. The number of benzene rings is 2. The van der Waals surface area contributed by atoms with Crippen molar-refractivity contribution in [2.24, 2.45) is 0 Å². The number of carbonyl (C=O) groups excluding carboxylic acids is 2. The average molecular weight is 529 g/mol. The van der Waals surface area contributed by atoms with Crippen molar-refractivity contribution < 1.29 is 23.8 Å². The number of nitrogens with one attached hydrogen (secondary N) is 2. The zero-order valence-electron chi connectivity index (χ0n) is 24.0. The number of hydrogen-bond donors (Lipinski definition) is 3. The average Bonchev–Trinajstić information content (AvgIpc) is 2.88. The van der Waals surface area contributed by atoms with Crippen LogP contribution in [-0.2, 0) is 20.4 Å². The highest BCUT2D eigenvalue weighted by Gasteiger charge is 2.29. The van der Waals surface area contributed by atoms with Gasteiger partial charge in [-0.3, -0.25) is 14.0 Å². The van der Waals surface area contributed by atoms with Crippen LogP contribution in [0.2, 0.25) is 0 Å². The van der Waals surface area contributed by atoms with Crippen LogP contribution in [0.3, 0.4) is 0 Å². The lowest BCUT2D eigenvalue weighted by Crippen LogP contribution is -2.33. The van der Waals surface area contributed by atoms with Gasteiger partial charge in [-0.15, -0.1) is 0 Å². The van der Waals surface area contributed by atoms with Crippen LogP contribution in [0.15, 0.2) is 36.4 Å². The SMILES string of the molecule is CCC(Oc1ccc(C(C)(C)CC)cc1C(C)(C)CC)C(=O)Nc1cc(O)ccc1NC(=O)CCCCF. The van der Waals surface area contributed by atoms with Crippen LogP contribution < -0.4 is 15.4 Å². The van der Waals surface area contributed by atoms with Gasteiger partial charge in [-0.05, 0) is 66.7 Å². The molecule has 38 heavy (non-hydrogen) atoms. The molecule has 0 saturated heterocycles. The number of hydrogen-bond acceptors (Lipinski definition) is 4. The molecule has 0 aliphatic rings.